The third-order valence-electron chi connectivity index (χ3n) is 3.91. The second-order valence-corrected chi connectivity index (χ2v) is 5.19. The van der Waals surface area contributed by atoms with Gasteiger partial charge in [-0.15, -0.1) is 0 Å². The lowest BCUT2D eigenvalue weighted by Gasteiger charge is -2.15. The highest BCUT2D eigenvalue weighted by atomic mass is 16.5. The fourth-order valence-electron chi connectivity index (χ4n) is 2.87. The molecule has 1 heterocycles. The van der Waals surface area contributed by atoms with Crippen LogP contribution in [0.3, 0.4) is 0 Å². The van der Waals surface area contributed by atoms with Crippen molar-refractivity contribution < 1.29 is 14.3 Å². The molecule has 0 spiro atoms. The largest absolute Gasteiger partial charge is 0.468 e. The van der Waals surface area contributed by atoms with Gasteiger partial charge < -0.3 is 9.30 Å². The van der Waals surface area contributed by atoms with Crippen molar-refractivity contribution in [3.05, 3.63) is 47.7 Å². The molecule has 0 saturated heterocycles. The van der Waals surface area contributed by atoms with Crippen molar-refractivity contribution >= 4 is 11.8 Å². The molecule has 0 amide bonds. The Morgan fingerprint density at radius 2 is 2.00 bits per heavy atom. The van der Waals surface area contributed by atoms with E-state index >= 15 is 0 Å². The van der Waals surface area contributed by atoms with E-state index in [0.29, 0.717) is 6.42 Å². The van der Waals surface area contributed by atoms with Gasteiger partial charge in [-0.3, -0.25) is 9.59 Å². The summed E-state index contributed by atoms with van der Waals surface area (Å²) >= 11 is 0. The van der Waals surface area contributed by atoms with Gasteiger partial charge in [0.2, 0.25) is 0 Å². The van der Waals surface area contributed by atoms with Crippen molar-refractivity contribution in [2.75, 3.05) is 7.11 Å². The third kappa shape index (κ3) is 2.49. The number of carbonyl (C=O) groups is 2. The molecule has 21 heavy (non-hydrogen) atoms. The van der Waals surface area contributed by atoms with Crippen molar-refractivity contribution in [1.29, 1.82) is 0 Å². The number of ketones is 1. The number of nitrogens with zero attached hydrogens (tertiary/aromatic N) is 1. The summed E-state index contributed by atoms with van der Waals surface area (Å²) in [6.45, 7) is 0.142. The third-order valence-corrected chi connectivity index (χ3v) is 3.91. The minimum absolute atomic E-state index is 0.142. The zero-order chi connectivity index (χ0) is 14.8. The normalized spacial score (nSPS) is 13.9. The number of benzene rings is 1. The second kappa shape index (κ2) is 5.56. The molecule has 108 valence electrons. The van der Waals surface area contributed by atoms with Crippen LogP contribution in [0.5, 0.6) is 0 Å². The summed E-state index contributed by atoms with van der Waals surface area (Å²) in [6.07, 6.45) is 2.25. The molecule has 1 aromatic heterocycles. The first kappa shape index (κ1) is 13.6. The molecule has 0 fully saturated rings. The zero-order valence-corrected chi connectivity index (χ0v) is 12.0. The highest BCUT2D eigenvalue weighted by Crippen LogP contribution is 2.31. The van der Waals surface area contributed by atoms with Crippen LogP contribution < -0.4 is 0 Å². The summed E-state index contributed by atoms with van der Waals surface area (Å²) < 4.78 is 6.71. The van der Waals surface area contributed by atoms with Gasteiger partial charge in [-0.25, -0.2) is 0 Å². The van der Waals surface area contributed by atoms with Crippen LogP contribution in [0, 0.1) is 0 Å². The Hall–Kier alpha value is -2.36. The predicted molar refractivity (Wildman–Crippen MR) is 79.2 cm³/mol. The molecular weight excluding hydrogens is 266 g/mol. The highest BCUT2D eigenvalue weighted by molar-refractivity contribution is 5.99. The maximum atomic E-state index is 12.1. The van der Waals surface area contributed by atoms with E-state index in [9.17, 15) is 9.59 Å². The summed E-state index contributed by atoms with van der Waals surface area (Å²) in [6, 6.07) is 11.7. The second-order valence-electron chi connectivity index (χ2n) is 5.19. The Kier molecular flexibility index (Phi) is 3.60. The lowest BCUT2D eigenvalue weighted by molar-refractivity contribution is -0.141. The maximum absolute atomic E-state index is 12.1. The van der Waals surface area contributed by atoms with Crippen LogP contribution in [0.25, 0.3) is 11.3 Å². The summed E-state index contributed by atoms with van der Waals surface area (Å²) in [5.74, 6) is -0.138. The molecule has 0 bridgehead atoms. The van der Waals surface area contributed by atoms with Gasteiger partial charge in [0.05, 0.1) is 7.11 Å². The van der Waals surface area contributed by atoms with Crippen molar-refractivity contribution in [3.63, 3.8) is 0 Å². The molecule has 2 aromatic rings. The van der Waals surface area contributed by atoms with Crippen LogP contribution in [0.15, 0.2) is 36.4 Å². The molecule has 0 saturated carbocycles. The molecule has 0 atom stereocenters. The first-order chi connectivity index (χ1) is 10.2. The average molecular weight is 283 g/mol. The molecule has 4 nitrogen and oxygen atoms in total. The first-order valence-corrected chi connectivity index (χ1v) is 7.08. The Morgan fingerprint density at radius 3 is 2.71 bits per heavy atom. The minimum atomic E-state index is -0.302. The Bertz CT molecular complexity index is 686. The van der Waals surface area contributed by atoms with Gasteiger partial charge in [0.1, 0.15) is 6.54 Å². The van der Waals surface area contributed by atoms with E-state index in [1.54, 1.807) is 0 Å². The summed E-state index contributed by atoms with van der Waals surface area (Å²) in [4.78, 5) is 23.8. The van der Waals surface area contributed by atoms with Gasteiger partial charge in [0.15, 0.2) is 5.78 Å². The number of hydrogen-bond donors (Lipinski definition) is 0. The topological polar surface area (TPSA) is 48.3 Å². The Labute approximate surface area is 123 Å². The SMILES string of the molecule is COC(=O)Cn1c(-c2ccccc2)cc2c1CCCC2=O. The number of Topliss-reactive ketones (excluding diaryl/α,β-unsaturated/α-hetero) is 1. The Morgan fingerprint density at radius 1 is 1.24 bits per heavy atom. The zero-order valence-electron chi connectivity index (χ0n) is 12.0. The summed E-state index contributed by atoms with van der Waals surface area (Å²) in [5.41, 5.74) is 3.62. The fraction of sp³-hybridized carbons (Fsp3) is 0.294. The molecule has 1 aliphatic carbocycles. The molecule has 1 aliphatic rings. The summed E-state index contributed by atoms with van der Waals surface area (Å²) in [5, 5.41) is 0. The highest BCUT2D eigenvalue weighted by Gasteiger charge is 2.25. The van der Waals surface area contributed by atoms with Crippen molar-refractivity contribution in [3.8, 4) is 11.3 Å². The molecule has 0 N–H and O–H groups in total. The van der Waals surface area contributed by atoms with Crippen LogP contribution in [-0.4, -0.2) is 23.4 Å². The number of carbonyl (C=O) groups excluding carboxylic acids is 2. The van der Waals surface area contributed by atoms with Gasteiger partial charge in [-0.1, -0.05) is 30.3 Å². The van der Waals surface area contributed by atoms with E-state index in [0.717, 1.165) is 35.4 Å². The number of fused-ring (bicyclic) bond motifs is 1. The van der Waals surface area contributed by atoms with Crippen LogP contribution in [-0.2, 0) is 22.5 Å². The number of rotatable bonds is 3. The molecule has 0 unspecified atom stereocenters. The molecule has 1 aromatic carbocycles. The van der Waals surface area contributed by atoms with Gasteiger partial charge in [0.25, 0.3) is 0 Å². The molecule has 3 rings (SSSR count). The number of esters is 1. The first-order valence-electron chi connectivity index (χ1n) is 7.08. The van der Waals surface area contributed by atoms with Gasteiger partial charge in [0, 0.05) is 23.4 Å². The standard InChI is InChI=1S/C17H17NO3/c1-21-17(20)11-18-14-8-5-9-16(19)13(14)10-15(18)12-6-3-2-4-7-12/h2-4,6-7,10H,5,8-9,11H2,1H3. The maximum Gasteiger partial charge on any atom is 0.325 e. The molecular formula is C17H17NO3. The van der Waals surface area contributed by atoms with Crippen molar-refractivity contribution in [2.45, 2.75) is 25.8 Å². The van der Waals surface area contributed by atoms with E-state index in [2.05, 4.69) is 0 Å². The van der Waals surface area contributed by atoms with Crippen molar-refractivity contribution in [2.24, 2.45) is 0 Å². The average Bonchev–Trinajstić information content (AvgIpc) is 2.88. The molecule has 0 aliphatic heterocycles. The monoisotopic (exact) mass is 283 g/mol. The smallest absolute Gasteiger partial charge is 0.325 e. The van der Waals surface area contributed by atoms with Crippen LogP contribution in [0.1, 0.15) is 28.9 Å². The van der Waals surface area contributed by atoms with E-state index in [1.807, 2.05) is 41.0 Å². The number of hydrogen-bond acceptors (Lipinski definition) is 3. The minimum Gasteiger partial charge on any atom is -0.468 e. The number of methoxy groups -OCH3 is 1. The van der Waals surface area contributed by atoms with E-state index < -0.39 is 0 Å². The van der Waals surface area contributed by atoms with E-state index in [1.165, 1.54) is 7.11 Å². The number of aromatic nitrogens is 1. The lowest BCUT2D eigenvalue weighted by Crippen LogP contribution is -2.18. The van der Waals surface area contributed by atoms with Gasteiger partial charge in [-0.05, 0) is 24.5 Å². The van der Waals surface area contributed by atoms with Gasteiger partial charge in [-0.2, -0.15) is 0 Å². The predicted octanol–water partition coefficient (Wildman–Crippen LogP) is 2.85. The van der Waals surface area contributed by atoms with Crippen LogP contribution >= 0.6 is 0 Å². The molecule has 4 heteroatoms. The fourth-order valence-corrected chi connectivity index (χ4v) is 2.87. The van der Waals surface area contributed by atoms with Crippen LogP contribution in [0.2, 0.25) is 0 Å². The number of ether oxygens (including phenoxy) is 1. The van der Waals surface area contributed by atoms with E-state index in [4.69, 9.17) is 4.74 Å². The Balaban J connectivity index is 2.14. The van der Waals surface area contributed by atoms with Crippen LogP contribution in [0.4, 0.5) is 0 Å². The van der Waals surface area contributed by atoms with Crippen molar-refractivity contribution in [1.82, 2.24) is 4.57 Å². The van der Waals surface area contributed by atoms with Gasteiger partial charge >= 0.3 is 5.97 Å². The van der Waals surface area contributed by atoms with E-state index in [-0.39, 0.29) is 18.3 Å². The lowest BCUT2D eigenvalue weighted by atomic mass is 9.96. The summed E-state index contributed by atoms with van der Waals surface area (Å²) in [7, 11) is 1.38. The molecule has 0 radical (unpaired) electrons. The quantitative estimate of drug-likeness (QED) is 0.814.